The Hall–Kier alpha value is -2.64. The van der Waals surface area contributed by atoms with Gasteiger partial charge in [0.25, 0.3) is 12.0 Å². The molecule has 1 fully saturated rings. The number of hydrogen-bond donors (Lipinski definition) is 1. The Morgan fingerprint density at radius 2 is 2.00 bits per heavy atom. The lowest BCUT2D eigenvalue weighted by atomic mass is 9.88. The normalized spacial score (nSPS) is 15.0. The van der Waals surface area contributed by atoms with Crippen LogP contribution in [0.3, 0.4) is 0 Å². The highest BCUT2D eigenvalue weighted by Gasteiger charge is 2.35. The van der Waals surface area contributed by atoms with Crippen LogP contribution < -0.4 is 10.5 Å². The molecule has 0 saturated heterocycles. The Kier molecular flexibility index (Phi) is 5.34. The van der Waals surface area contributed by atoms with Crippen LogP contribution in [0.25, 0.3) is 0 Å². The van der Waals surface area contributed by atoms with Crippen molar-refractivity contribution in [3.63, 3.8) is 0 Å². The first-order valence-corrected chi connectivity index (χ1v) is 8.65. The quantitative estimate of drug-likeness (QED) is 0.746. The second-order valence-electron chi connectivity index (χ2n) is 7.00. The van der Waals surface area contributed by atoms with E-state index in [4.69, 9.17) is 0 Å². The third kappa shape index (κ3) is 4.37. The summed E-state index contributed by atoms with van der Waals surface area (Å²) < 4.78 is 39.5. The van der Waals surface area contributed by atoms with E-state index < -0.39 is 23.4 Å². The summed E-state index contributed by atoms with van der Waals surface area (Å²) in [7, 11) is 3.37. The van der Waals surface area contributed by atoms with Crippen molar-refractivity contribution >= 4 is 11.7 Å². The Labute approximate surface area is 154 Å². The summed E-state index contributed by atoms with van der Waals surface area (Å²) in [6.45, 7) is 0. The molecule has 1 aliphatic rings. The number of carbonyl (C=O) groups is 1. The van der Waals surface area contributed by atoms with Crippen molar-refractivity contribution in [2.24, 2.45) is 5.92 Å². The lowest BCUT2D eigenvalue weighted by Crippen LogP contribution is -2.21. The molecule has 1 N–H and O–H groups in total. The van der Waals surface area contributed by atoms with E-state index in [0.29, 0.717) is 5.56 Å². The number of nitrogens with one attached hydrogen (secondary N) is 1. The van der Waals surface area contributed by atoms with Gasteiger partial charge in [0, 0.05) is 26.6 Å². The van der Waals surface area contributed by atoms with Crippen LogP contribution in [0.4, 0.5) is 19.1 Å². The van der Waals surface area contributed by atoms with E-state index in [1.165, 1.54) is 6.07 Å². The maximum atomic E-state index is 14.0. The highest BCUT2D eigenvalue weighted by molar-refractivity contribution is 5.95. The molecule has 0 bridgehead atoms. The fourth-order valence-corrected chi connectivity index (χ4v) is 3.11. The lowest BCUT2D eigenvalue weighted by Gasteiger charge is -2.17. The standard InChI is InChI=1S/C19H20F3N3O2/c1-25(2)19-23-15(9-17(27)24-19)16(26)8-13(10-3-4-10)11-5-6-12(18(21)22)14(20)7-11/h5-7,9-10,13,18H,3-4,8H2,1-2H3,(H,23,24,27)/t13-/m1/s1. The predicted octanol–water partition coefficient (Wildman–Crippen LogP) is 3.68. The molecule has 27 heavy (non-hydrogen) atoms. The number of nitrogens with zero attached hydrogens (tertiary/aromatic N) is 2. The summed E-state index contributed by atoms with van der Waals surface area (Å²) in [5.41, 5.74) is -0.526. The van der Waals surface area contributed by atoms with Gasteiger partial charge in [0.1, 0.15) is 11.5 Å². The Balaban J connectivity index is 1.86. The first kappa shape index (κ1) is 19.1. The zero-order chi connectivity index (χ0) is 19.7. The van der Waals surface area contributed by atoms with Gasteiger partial charge >= 0.3 is 0 Å². The first-order chi connectivity index (χ1) is 12.8. The molecule has 1 aromatic carbocycles. The van der Waals surface area contributed by atoms with Gasteiger partial charge in [0.05, 0.1) is 5.56 Å². The zero-order valence-electron chi connectivity index (χ0n) is 15.0. The van der Waals surface area contributed by atoms with Crippen LogP contribution in [0, 0.1) is 11.7 Å². The Morgan fingerprint density at radius 1 is 1.30 bits per heavy atom. The van der Waals surface area contributed by atoms with Crippen LogP contribution in [0.15, 0.2) is 29.1 Å². The van der Waals surface area contributed by atoms with E-state index in [2.05, 4.69) is 9.97 Å². The summed E-state index contributed by atoms with van der Waals surface area (Å²) in [5.74, 6) is -1.13. The maximum Gasteiger partial charge on any atom is 0.266 e. The number of hydrogen-bond acceptors (Lipinski definition) is 4. The third-order valence-corrected chi connectivity index (χ3v) is 4.72. The molecule has 1 aromatic heterocycles. The zero-order valence-corrected chi connectivity index (χ0v) is 15.0. The summed E-state index contributed by atoms with van der Waals surface area (Å²) in [6.07, 6.45) is -1.06. The number of alkyl halides is 2. The molecule has 3 rings (SSSR count). The number of aromatic nitrogens is 2. The number of rotatable bonds is 7. The summed E-state index contributed by atoms with van der Waals surface area (Å²) in [4.78, 5) is 32.7. The number of halogens is 3. The number of ketones is 1. The fourth-order valence-electron chi connectivity index (χ4n) is 3.11. The van der Waals surface area contributed by atoms with Crippen LogP contribution in [-0.2, 0) is 0 Å². The van der Waals surface area contributed by atoms with E-state index in [1.54, 1.807) is 19.0 Å². The Bertz CT molecular complexity index is 907. The van der Waals surface area contributed by atoms with Crippen molar-refractivity contribution in [1.29, 1.82) is 0 Å². The van der Waals surface area contributed by atoms with Crippen molar-refractivity contribution in [2.45, 2.75) is 31.6 Å². The number of anilines is 1. The molecular weight excluding hydrogens is 359 g/mol. The predicted molar refractivity (Wildman–Crippen MR) is 95.0 cm³/mol. The van der Waals surface area contributed by atoms with Gasteiger partial charge < -0.3 is 4.90 Å². The minimum Gasteiger partial charge on any atom is -0.348 e. The largest absolute Gasteiger partial charge is 0.348 e. The molecule has 0 aliphatic heterocycles. The van der Waals surface area contributed by atoms with Crippen molar-refractivity contribution in [3.8, 4) is 0 Å². The molecule has 2 aromatic rings. The van der Waals surface area contributed by atoms with Gasteiger partial charge in [-0.25, -0.2) is 18.2 Å². The number of H-pyrrole nitrogens is 1. The minimum absolute atomic E-state index is 0.0396. The van der Waals surface area contributed by atoms with Crippen molar-refractivity contribution in [2.75, 3.05) is 19.0 Å². The lowest BCUT2D eigenvalue weighted by molar-refractivity contribution is 0.0965. The van der Waals surface area contributed by atoms with E-state index in [0.717, 1.165) is 31.0 Å². The van der Waals surface area contributed by atoms with E-state index in [1.807, 2.05) is 0 Å². The van der Waals surface area contributed by atoms with Gasteiger partial charge in [-0.1, -0.05) is 12.1 Å². The molecule has 1 saturated carbocycles. The number of benzene rings is 1. The monoisotopic (exact) mass is 379 g/mol. The fraction of sp³-hybridized carbons (Fsp3) is 0.421. The average molecular weight is 379 g/mol. The van der Waals surface area contributed by atoms with Crippen molar-refractivity contribution in [3.05, 3.63) is 57.3 Å². The van der Waals surface area contributed by atoms with Gasteiger partial charge in [0.2, 0.25) is 5.95 Å². The molecular formula is C19H20F3N3O2. The van der Waals surface area contributed by atoms with E-state index in [9.17, 15) is 22.8 Å². The minimum atomic E-state index is -2.88. The first-order valence-electron chi connectivity index (χ1n) is 8.65. The van der Waals surface area contributed by atoms with Crippen molar-refractivity contribution in [1.82, 2.24) is 9.97 Å². The van der Waals surface area contributed by atoms with Gasteiger partial charge in [-0.2, -0.15) is 0 Å². The van der Waals surface area contributed by atoms with Gasteiger partial charge in [-0.05, 0) is 36.3 Å². The highest BCUT2D eigenvalue weighted by Crippen LogP contribution is 2.45. The van der Waals surface area contributed by atoms with Gasteiger partial charge in [-0.3, -0.25) is 14.6 Å². The number of aromatic amines is 1. The smallest absolute Gasteiger partial charge is 0.266 e. The van der Waals surface area contributed by atoms with E-state index >= 15 is 0 Å². The van der Waals surface area contributed by atoms with Crippen molar-refractivity contribution < 1.29 is 18.0 Å². The summed E-state index contributed by atoms with van der Waals surface area (Å²) in [6, 6.07) is 4.76. The van der Waals surface area contributed by atoms with Crippen LogP contribution in [0.2, 0.25) is 0 Å². The van der Waals surface area contributed by atoms with Crippen LogP contribution in [0.5, 0.6) is 0 Å². The second-order valence-corrected chi connectivity index (χ2v) is 7.00. The molecule has 1 heterocycles. The van der Waals surface area contributed by atoms with Crippen LogP contribution in [-0.4, -0.2) is 29.8 Å². The molecule has 8 heteroatoms. The molecule has 1 aliphatic carbocycles. The van der Waals surface area contributed by atoms with Gasteiger partial charge in [0.15, 0.2) is 5.78 Å². The maximum absolute atomic E-state index is 14.0. The molecule has 0 amide bonds. The molecule has 0 unspecified atom stereocenters. The molecule has 0 radical (unpaired) electrons. The topological polar surface area (TPSA) is 66.1 Å². The average Bonchev–Trinajstić information content (AvgIpc) is 3.43. The van der Waals surface area contributed by atoms with E-state index in [-0.39, 0.29) is 35.7 Å². The summed E-state index contributed by atoms with van der Waals surface area (Å²) in [5, 5.41) is 0. The SMILES string of the molecule is CN(C)c1nc(C(=O)C[C@@H](c2ccc(C(F)F)c(F)c2)C2CC2)cc(=O)[nH]1. The molecule has 5 nitrogen and oxygen atoms in total. The second kappa shape index (κ2) is 7.54. The Morgan fingerprint density at radius 3 is 2.56 bits per heavy atom. The van der Waals surface area contributed by atoms with Crippen LogP contribution >= 0.6 is 0 Å². The number of Topliss-reactive ketones (excluding diaryl/α,β-unsaturated/α-hetero) is 1. The molecule has 144 valence electrons. The molecule has 1 atom stereocenters. The van der Waals surface area contributed by atoms with Gasteiger partial charge in [-0.15, -0.1) is 0 Å². The summed E-state index contributed by atoms with van der Waals surface area (Å²) >= 11 is 0. The number of carbonyl (C=O) groups excluding carboxylic acids is 1. The highest BCUT2D eigenvalue weighted by atomic mass is 19.3. The van der Waals surface area contributed by atoms with Crippen LogP contribution in [0.1, 0.15) is 53.2 Å². The third-order valence-electron chi connectivity index (χ3n) is 4.72. The molecule has 0 spiro atoms.